The van der Waals surface area contributed by atoms with Gasteiger partial charge in [-0.05, 0) is 43.3 Å². The summed E-state index contributed by atoms with van der Waals surface area (Å²) in [6.45, 7) is 1.96. The van der Waals surface area contributed by atoms with Crippen molar-refractivity contribution >= 4 is 34.5 Å². The number of fused-ring (bicyclic) bond motifs is 1. The van der Waals surface area contributed by atoms with E-state index in [-0.39, 0.29) is 11.8 Å². The Labute approximate surface area is 168 Å². The molecule has 0 fully saturated rings. The second kappa shape index (κ2) is 7.59. The highest BCUT2D eigenvalue weighted by Crippen LogP contribution is 2.21. The van der Waals surface area contributed by atoms with Gasteiger partial charge in [-0.25, -0.2) is 4.98 Å². The molecule has 0 aliphatic rings. The molecule has 0 bridgehead atoms. The molecule has 0 spiro atoms. The number of para-hydroxylation sites is 3. The zero-order valence-electron chi connectivity index (χ0n) is 16.1. The zero-order valence-corrected chi connectivity index (χ0v) is 16.1. The highest BCUT2D eigenvalue weighted by Gasteiger charge is 2.17. The number of carbonyl (C=O) groups is 2. The van der Waals surface area contributed by atoms with Crippen LogP contribution < -0.4 is 10.6 Å². The summed E-state index contributed by atoms with van der Waals surface area (Å²) < 4.78 is 1.82. The minimum atomic E-state index is -0.344. The van der Waals surface area contributed by atoms with Crippen LogP contribution in [-0.2, 0) is 7.05 Å². The average Bonchev–Trinajstić information content (AvgIpc) is 3.04. The molecule has 0 aliphatic heterocycles. The third-order valence-electron chi connectivity index (χ3n) is 4.75. The number of imidazole rings is 1. The molecule has 6 heteroatoms. The number of amides is 2. The van der Waals surface area contributed by atoms with Crippen LogP contribution in [-0.4, -0.2) is 21.4 Å². The Morgan fingerprint density at radius 1 is 0.828 bits per heavy atom. The van der Waals surface area contributed by atoms with Crippen molar-refractivity contribution in [1.82, 2.24) is 9.55 Å². The number of hydrogen-bond donors (Lipinski definition) is 2. The summed E-state index contributed by atoms with van der Waals surface area (Å²) in [6.07, 6.45) is 0. The van der Waals surface area contributed by atoms with Gasteiger partial charge in [0.2, 0.25) is 5.95 Å². The number of hydrogen-bond acceptors (Lipinski definition) is 3. The first kappa shape index (κ1) is 18.4. The number of nitrogens with one attached hydrogen (secondary N) is 2. The van der Waals surface area contributed by atoms with E-state index >= 15 is 0 Å². The van der Waals surface area contributed by atoms with Crippen LogP contribution >= 0.6 is 0 Å². The Bertz CT molecular complexity index is 1210. The van der Waals surface area contributed by atoms with Crippen molar-refractivity contribution in [2.24, 2.45) is 7.05 Å². The van der Waals surface area contributed by atoms with Crippen molar-refractivity contribution in [3.63, 3.8) is 0 Å². The fourth-order valence-electron chi connectivity index (χ4n) is 3.12. The van der Waals surface area contributed by atoms with E-state index in [1.165, 1.54) is 0 Å². The zero-order chi connectivity index (χ0) is 20.4. The van der Waals surface area contributed by atoms with E-state index in [0.717, 1.165) is 16.6 Å². The van der Waals surface area contributed by atoms with Gasteiger partial charge in [-0.3, -0.25) is 14.9 Å². The van der Waals surface area contributed by atoms with Crippen LogP contribution in [0.5, 0.6) is 0 Å². The number of aromatic nitrogens is 2. The normalized spacial score (nSPS) is 10.7. The standard InChI is InChI=1S/C23H20N4O2/c1-15-11-13-16(14-12-15)21(28)24-18-8-4-3-7-17(18)22(29)26-23-25-19-9-5-6-10-20(19)27(23)2/h3-14H,1-2H3,(H,24,28)(H,25,26,29). The van der Waals surface area contributed by atoms with Crippen molar-refractivity contribution in [3.05, 3.63) is 89.5 Å². The van der Waals surface area contributed by atoms with Gasteiger partial charge in [0, 0.05) is 12.6 Å². The molecule has 144 valence electrons. The molecular weight excluding hydrogens is 364 g/mol. The number of nitrogens with zero attached hydrogens (tertiary/aromatic N) is 2. The molecule has 4 aromatic rings. The lowest BCUT2D eigenvalue weighted by Crippen LogP contribution is -2.19. The van der Waals surface area contributed by atoms with Crippen LogP contribution in [0.4, 0.5) is 11.6 Å². The third kappa shape index (κ3) is 3.73. The lowest BCUT2D eigenvalue weighted by atomic mass is 10.1. The van der Waals surface area contributed by atoms with Crippen molar-refractivity contribution in [2.45, 2.75) is 6.92 Å². The van der Waals surface area contributed by atoms with Crippen LogP contribution in [0.2, 0.25) is 0 Å². The maximum Gasteiger partial charge on any atom is 0.260 e. The summed E-state index contributed by atoms with van der Waals surface area (Å²) in [5, 5.41) is 5.67. The first-order valence-corrected chi connectivity index (χ1v) is 9.23. The van der Waals surface area contributed by atoms with E-state index in [0.29, 0.717) is 22.8 Å². The topological polar surface area (TPSA) is 76.0 Å². The number of carbonyl (C=O) groups excluding carboxylic acids is 2. The monoisotopic (exact) mass is 384 g/mol. The van der Waals surface area contributed by atoms with E-state index in [2.05, 4.69) is 15.6 Å². The van der Waals surface area contributed by atoms with Crippen LogP contribution in [0.1, 0.15) is 26.3 Å². The molecule has 0 aliphatic carbocycles. The minimum Gasteiger partial charge on any atom is -0.321 e. The summed E-state index contributed by atoms with van der Waals surface area (Å²) >= 11 is 0. The van der Waals surface area contributed by atoms with Gasteiger partial charge in [0.25, 0.3) is 11.8 Å². The first-order chi connectivity index (χ1) is 14.0. The molecule has 4 rings (SSSR count). The van der Waals surface area contributed by atoms with Gasteiger partial charge in [0.1, 0.15) is 0 Å². The average molecular weight is 384 g/mol. The van der Waals surface area contributed by atoms with E-state index in [1.807, 2.05) is 54.9 Å². The molecule has 0 unspecified atom stereocenters. The Morgan fingerprint density at radius 2 is 1.52 bits per heavy atom. The lowest BCUT2D eigenvalue weighted by Gasteiger charge is -2.11. The maximum atomic E-state index is 12.9. The molecule has 1 aromatic heterocycles. The summed E-state index contributed by atoms with van der Waals surface area (Å²) in [4.78, 5) is 29.9. The quantitative estimate of drug-likeness (QED) is 0.548. The number of aryl methyl sites for hydroxylation is 2. The van der Waals surface area contributed by atoms with Gasteiger partial charge < -0.3 is 9.88 Å². The molecular formula is C23H20N4O2. The van der Waals surface area contributed by atoms with E-state index in [1.54, 1.807) is 36.4 Å². The molecule has 0 saturated heterocycles. The molecule has 3 aromatic carbocycles. The SMILES string of the molecule is Cc1ccc(C(=O)Nc2ccccc2C(=O)Nc2nc3ccccc3n2C)cc1. The molecule has 0 atom stereocenters. The number of benzene rings is 3. The minimum absolute atomic E-state index is 0.270. The Balaban J connectivity index is 1.58. The van der Waals surface area contributed by atoms with Crippen molar-refractivity contribution < 1.29 is 9.59 Å². The highest BCUT2D eigenvalue weighted by atomic mass is 16.2. The molecule has 6 nitrogen and oxygen atoms in total. The highest BCUT2D eigenvalue weighted by molar-refractivity contribution is 6.12. The van der Waals surface area contributed by atoms with E-state index in [9.17, 15) is 9.59 Å². The number of rotatable bonds is 4. The van der Waals surface area contributed by atoms with E-state index < -0.39 is 0 Å². The van der Waals surface area contributed by atoms with Gasteiger partial charge in [-0.15, -0.1) is 0 Å². The van der Waals surface area contributed by atoms with Crippen molar-refractivity contribution in [1.29, 1.82) is 0 Å². The van der Waals surface area contributed by atoms with Gasteiger partial charge in [0.15, 0.2) is 0 Å². The fraction of sp³-hybridized carbons (Fsp3) is 0.0870. The molecule has 1 heterocycles. The van der Waals surface area contributed by atoms with Gasteiger partial charge >= 0.3 is 0 Å². The fourth-order valence-corrected chi connectivity index (χ4v) is 3.12. The Hall–Kier alpha value is -3.93. The summed E-state index contributed by atoms with van der Waals surface area (Å²) in [5.41, 5.74) is 4.12. The molecule has 0 saturated carbocycles. The maximum absolute atomic E-state index is 12.9. The van der Waals surface area contributed by atoms with Crippen molar-refractivity contribution in [2.75, 3.05) is 10.6 Å². The number of anilines is 2. The molecule has 2 N–H and O–H groups in total. The molecule has 2 amide bonds. The second-order valence-electron chi connectivity index (χ2n) is 6.80. The predicted octanol–water partition coefficient (Wildman–Crippen LogP) is 4.39. The largest absolute Gasteiger partial charge is 0.321 e. The van der Waals surface area contributed by atoms with Crippen LogP contribution in [0.3, 0.4) is 0 Å². The third-order valence-corrected chi connectivity index (χ3v) is 4.75. The smallest absolute Gasteiger partial charge is 0.260 e. The van der Waals surface area contributed by atoms with Gasteiger partial charge in [-0.2, -0.15) is 0 Å². The summed E-state index contributed by atoms with van der Waals surface area (Å²) in [5.74, 6) is -0.174. The van der Waals surface area contributed by atoms with Gasteiger partial charge in [0.05, 0.1) is 22.3 Å². The van der Waals surface area contributed by atoms with E-state index in [4.69, 9.17) is 0 Å². The Kier molecular flexibility index (Phi) is 4.83. The van der Waals surface area contributed by atoms with Crippen LogP contribution in [0.15, 0.2) is 72.8 Å². The predicted molar refractivity (Wildman–Crippen MR) is 114 cm³/mol. The Morgan fingerprint density at radius 3 is 2.28 bits per heavy atom. The lowest BCUT2D eigenvalue weighted by molar-refractivity contribution is 0.102. The molecule has 0 radical (unpaired) electrons. The summed E-state index contributed by atoms with van der Waals surface area (Å²) in [6, 6.07) is 21.8. The first-order valence-electron chi connectivity index (χ1n) is 9.23. The van der Waals surface area contributed by atoms with Crippen LogP contribution in [0, 0.1) is 6.92 Å². The van der Waals surface area contributed by atoms with Crippen LogP contribution in [0.25, 0.3) is 11.0 Å². The summed E-state index contributed by atoms with van der Waals surface area (Å²) in [7, 11) is 1.84. The van der Waals surface area contributed by atoms with Gasteiger partial charge in [-0.1, -0.05) is 42.0 Å². The van der Waals surface area contributed by atoms with Crippen molar-refractivity contribution in [3.8, 4) is 0 Å². The molecule has 29 heavy (non-hydrogen) atoms. The second-order valence-corrected chi connectivity index (χ2v) is 6.80.